The maximum Gasteiger partial charge on any atom is 0.118 e. The molecule has 0 aromatic heterocycles. The summed E-state index contributed by atoms with van der Waals surface area (Å²) < 4.78 is 33.8. The Morgan fingerprint density at radius 1 is 0.542 bits per heavy atom. The Labute approximate surface area is 304 Å². The fourth-order valence-electron chi connectivity index (χ4n) is 2.66. The first-order valence-corrected chi connectivity index (χ1v) is 18.5. The van der Waals surface area contributed by atoms with Gasteiger partial charge in [-0.1, -0.05) is 69.2 Å². The summed E-state index contributed by atoms with van der Waals surface area (Å²) >= 11 is 0. The SMILES string of the molecule is CCNCC(C)C.CCNCC(C)C.CNCC(C)C.CNCCOCCOCCC(C)C.[2H]NCCOCCOCCNC.[2H][N-]CNC. The second-order valence-electron chi connectivity index (χ2n) is 12.5. The molecule has 0 unspecified atom stereocenters. The first kappa shape index (κ1) is 54.3. The van der Waals surface area contributed by atoms with E-state index >= 15 is 0 Å². The van der Waals surface area contributed by atoms with Crippen molar-refractivity contribution in [2.75, 3.05) is 140 Å². The number of hydrogen-bond donors (Lipinski definition) is 7. The highest BCUT2D eigenvalue weighted by molar-refractivity contribution is 4.47. The average molecular weight is 702 g/mol. The lowest BCUT2D eigenvalue weighted by molar-refractivity contribution is 0.0454. The lowest BCUT2D eigenvalue weighted by Gasteiger charge is -2.06. The van der Waals surface area contributed by atoms with Crippen molar-refractivity contribution in [3.8, 4) is 0 Å². The summed E-state index contributed by atoms with van der Waals surface area (Å²) in [6.07, 6.45) is 1.14. The Balaban J connectivity index is -0.000000120. The van der Waals surface area contributed by atoms with E-state index in [0.29, 0.717) is 39.6 Å². The summed E-state index contributed by atoms with van der Waals surface area (Å²) in [5, 5.41) is 18.2. The van der Waals surface area contributed by atoms with Gasteiger partial charge in [-0.05, 0) is 91.0 Å². The van der Waals surface area contributed by atoms with Crippen molar-refractivity contribution in [2.45, 2.75) is 75.7 Å². The van der Waals surface area contributed by atoms with Crippen molar-refractivity contribution < 1.29 is 21.8 Å². The molecule has 0 bridgehead atoms. The molecule has 12 heteroatoms. The van der Waals surface area contributed by atoms with E-state index in [0.717, 1.165) is 102 Å². The summed E-state index contributed by atoms with van der Waals surface area (Å²) in [5.41, 5.74) is 5.25. The van der Waals surface area contributed by atoms with Crippen LogP contribution in [0.15, 0.2) is 0 Å². The molecule has 9 N–H and O–H groups in total. The van der Waals surface area contributed by atoms with Gasteiger partial charge in [-0.2, -0.15) is 1.41 Å². The van der Waals surface area contributed by atoms with Gasteiger partial charge in [-0.15, -0.1) is 6.67 Å². The molecule has 0 heterocycles. The van der Waals surface area contributed by atoms with Crippen molar-refractivity contribution in [3.05, 3.63) is 5.73 Å². The van der Waals surface area contributed by atoms with Crippen molar-refractivity contribution in [3.63, 3.8) is 0 Å². The molecule has 0 saturated heterocycles. The highest BCUT2D eigenvalue weighted by Gasteiger charge is 1.94. The quantitative estimate of drug-likeness (QED) is 0.0590. The van der Waals surface area contributed by atoms with Crippen molar-refractivity contribution in [1.82, 2.24) is 31.9 Å². The van der Waals surface area contributed by atoms with E-state index in [4.69, 9.17) is 21.8 Å². The fourth-order valence-corrected chi connectivity index (χ4v) is 2.66. The molecular weight excluding hydrogens is 608 g/mol. The summed E-state index contributed by atoms with van der Waals surface area (Å²) in [4.78, 5) is 0. The number of hydrogen-bond acceptors (Lipinski definition) is 11. The normalized spacial score (nSPS) is 10.8. The summed E-state index contributed by atoms with van der Waals surface area (Å²) in [5.74, 6) is 3.10. The average Bonchev–Trinajstić information content (AvgIpc) is 3.07. The Hall–Kier alpha value is -0.480. The molecular formula is C36H91N8O4-. The molecule has 0 aromatic carbocycles. The molecule has 300 valence electrons. The van der Waals surface area contributed by atoms with Crippen LogP contribution in [0.25, 0.3) is 5.73 Å². The molecule has 0 fully saturated rings. The number of likely N-dealkylation sites (N-methyl/N-ethyl adjacent to an activating group) is 2. The third-order valence-electron chi connectivity index (χ3n) is 5.20. The largest absolute Gasteiger partial charge is 0.665 e. The van der Waals surface area contributed by atoms with Crippen LogP contribution in [0.3, 0.4) is 0 Å². The molecule has 0 aliphatic rings. The van der Waals surface area contributed by atoms with Gasteiger partial charge in [0.15, 0.2) is 0 Å². The predicted molar refractivity (Wildman–Crippen MR) is 213 cm³/mol. The molecule has 0 aliphatic carbocycles. The van der Waals surface area contributed by atoms with Crippen LogP contribution in [0.5, 0.6) is 0 Å². The summed E-state index contributed by atoms with van der Waals surface area (Å²) in [7, 11) is 7.53. The minimum absolute atomic E-state index is 0.431. The third-order valence-corrected chi connectivity index (χ3v) is 5.20. The van der Waals surface area contributed by atoms with Crippen molar-refractivity contribution >= 4 is 0 Å². The van der Waals surface area contributed by atoms with Gasteiger partial charge >= 0.3 is 0 Å². The van der Waals surface area contributed by atoms with Gasteiger partial charge in [0.05, 0.1) is 46.2 Å². The molecule has 0 spiro atoms. The van der Waals surface area contributed by atoms with Gasteiger partial charge in [-0.3, -0.25) is 0 Å². The van der Waals surface area contributed by atoms with E-state index in [1.165, 1.54) is 0 Å². The molecule has 0 rings (SSSR count). The van der Waals surface area contributed by atoms with Crippen LogP contribution < -0.4 is 37.6 Å². The topological polar surface area (TPSA) is 159 Å². The number of nitrogens with one attached hydrogen (secondary N) is 7. The Kier molecular flexibility index (Phi) is 69.8. The molecule has 12 nitrogen and oxygen atoms in total. The number of nitrogens with two attached hydrogens (primary N) is 1. The molecule has 0 saturated carbocycles. The van der Waals surface area contributed by atoms with Gasteiger partial charge in [0.25, 0.3) is 0 Å². The molecule has 0 aromatic rings. The van der Waals surface area contributed by atoms with Crippen LogP contribution in [0.1, 0.15) is 75.7 Å². The van der Waals surface area contributed by atoms with E-state index in [1.807, 2.05) is 21.1 Å². The zero-order valence-corrected chi connectivity index (χ0v) is 34.6. The van der Waals surface area contributed by atoms with Gasteiger partial charge in [0.1, 0.15) is 1.41 Å². The second kappa shape index (κ2) is 61.7. The number of rotatable bonds is 28. The minimum atomic E-state index is 0.431. The highest BCUT2D eigenvalue weighted by atomic mass is 16.5. The van der Waals surface area contributed by atoms with Crippen LogP contribution in [0.4, 0.5) is 0 Å². The Morgan fingerprint density at radius 2 is 0.958 bits per heavy atom. The summed E-state index contributed by atoms with van der Waals surface area (Å²) in [6.45, 7) is 35.8. The van der Waals surface area contributed by atoms with E-state index in [-0.39, 0.29) is 0 Å². The van der Waals surface area contributed by atoms with E-state index < -0.39 is 0 Å². The smallest absolute Gasteiger partial charge is 0.118 e. The molecule has 0 amide bonds. The molecule has 0 radical (unpaired) electrons. The Bertz CT molecular complexity index is 483. The minimum Gasteiger partial charge on any atom is -0.665 e. The van der Waals surface area contributed by atoms with Gasteiger partial charge in [0.2, 0.25) is 0 Å². The van der Waals surface area contributed by atoms with Crippen LogP contribution in [-0.4, -0.2) is 140 Å². The van der Waals surface area contributed by atoms with Crippen molar-refractivity contribution in [1.29, 1.82) is 0 Å². The maximum atomic E-state index is 6.60. The van der Waals surface area contributed by atoms with Crippen molar-refractivity contribution in [2.24, 2.45) is 29.4 Å². The fraction of sp³-hybridized carbons (Fsp3) is 1.00. The first-order chi connectivity index (χ1) is 23.9. The van der Waals surface area contributed by atoms with Gasteiger partial charge < -0.3 is 62.3 Å². The summed E-state index contributed by atoms with van der Waals surface area (Å²) in [6, 6.07) is 0. The van der Waals surface area contributed by atoms with Crippen LogP contribution >= 0.6 is 0 Å². The third kappa shape index (κ3) is 104. The highest BCUT2D eigenvalue weighted by Crippen LogP contribution is 1.98. The Morgan fingerprint density at radius 3 is 1.19 bits per heavy atom. The van der Waals surface area contributed by atoms with E-state index in [2.05, 4.69) is 113 Å². The maximum absolute atomic E-state index is 6.60. The standard InChI is InChI=1S/C10H23NO2.C7H18N2O2.2C6H15N.C5H13N.C2H7N2/c1-10(2)4-6-12-8-9-13-7-5-11-3;1-9-3-5-11-7-6-10-4-2-8;2*1-4-7-5-6(2)3;1-5(2)4-6-3;1-4-2-3/h10-11H,4-9H2,1-3H3;9H,2-8H2,1H3;2*6-7H,4-5H2,1-3H3;5-6H,4H2,1-3H3;3-4H,2H2,1H3/q;;;;;-1/i/hD2. The first-order valence-electron chi connectivity index (χ1n) is 19.4. The molecule has 0 aliphatic heterocycles. The number of ether oxygens (including phenoxy) is 4. The van der Waals surface area contributed by atoms with E-state index in [9.17, 15) is 0 Å². The van der Waals surface area contributed by atoms with Crippen LogP contribution in [0.2, 0.25) is 2.82 Å². The van der Waals surface area contributed by atoms with E-state index in [1.54, 1.807) is 7.05 Å². The predicted octanol–water partition coefficient (Wildman–Crippen LogP) is 4.06. The lowest BCUT2D eigenvalue weighted by Crippen LogP contribution is -2.18. The van der Waals surface area contributed by atoms with Gasteiger partial charge in [-0.25, -0.2) is 0 Å². The zero-order valence-electron chi connectivity index (χ0n) is 36.6. The molecule has 0 atom stereocenters. The molecule has 48 heavy (non-hydrogen) atoms. The second-order valence-corrected chi connectivity index (χ2v) is 12.5. The zero-order chi connectivity index (χ0) is 39.5. The lowest BCUT2D eigenvalue weighted by atomic mass is 10.1. The van der Waals surface area contributed by atoms with Crippen LogP contribution in [-0.2, 0) is 18.9 Å². The van der Waals surface area contributed by atoms with Gasteiger partial charge in [0, 0.05) is 26.2 Å². The van der Waals surface area contributed by atoms with Crippen LogP contribution in [0, 0.1) is 23.7 Å². The monoisotopic (exact) mass is 702 g/mol.